The van der Waals surface area contributed by atoms with Crippen molar-refractivity contribution in [3.8, 4) is 11.5 Å². The highest BCUT2D eigenvalue weighted by molar-refractivity contribution is 5.79. The van der Waals surface area contributed by atoms with Gasteiger partial charge in [0.15, 0.2) is 6.61 Å². The molecule has 0 bridgehead atoms. The fraction of sp³-hybridized carbons (Fsp3) is 0.200. The minimum absolute atomic E-state index is 0.0920. The molecule has 6 nitrogen and oxygen atoms in total. The number of rotatable bonds is 4. The molecule has 1 N–H and O–H groups in total. The molecule has 1 aliphatic rings. The summed E-state index contributed by atoms with van der Waals surface area (Å²) in [6.07, 6.45) is 0.712. The zero-order chi connectivity index (χ0) is 17.9. The fourth-order valence-corrected chi connectivity index (χ4v) is 3.01. The summed E-state index contributed by atoms with van der Waals surface area (Å²) < 4.78 is 16.3. The van der Waals surface area contributed by atoms with Crippen molar-refractivity contribution in [1.82, 2.24) is 5.32 Å². The zero-order valence-electron chi connectivity index (χ0n) is 13.9. The van der Waals surface area contributed by atoms with E-state index in [2.05, 4.69) is 5.32 Å². The first-order chi connectivity index (χ1) is 12.7. The van der Waals surface area contributed by atoms with Crippen LogP contribution in [0.25, 0.3) is 11.0 Å². The maximum absolute atomic E-state index is 12.3. The summed E-state index contributed by atoms with van der Waals surface area (Å²) in [7, 11) is 0. The normalized spacial score (nSPS) is 15.8. The Hall–Kier alpha value is -3.28. The van der Waals surface area contributed by atoms with E-state index in [4.69, 9.17) is 13.9 Å². The van der Waals surface area contributed by atoms with Crippen LogP contribution in [0.3, 0.4) is 0 Å². The van der Waals surface area contributed by atoms with Crippen molar-refractivity contribution in [3.63, 3.8) is 0 Å². The molecule has 3 aromatic rings. The predicted octanol–water partition coefficient (Wildman–Crippen LogP) is 2.81. The molecule has 0 fully saturated rings. The molecular formula is C20H17NO5. The second kappa shape index (κ2) is 6.92. The molecule has 132 valence electrons. The van der Waals surface area contributed by atoms with Gasteiger partial charge in [-0.1, -0.05) is 18.2 Å². The maximum atomic E-state index is 12.3. The van der Waals surface area contributed by atoms with E-state index in [1.54, 1.807) is 24.3 Å². The van der Waals surface area contributed by atoms with Crippen LogP contribution in [0.4, 0.5) is 0 Å². The summed E-state index contributed by atoms with van der Waals surface area (Å²) in [6.45, 7) is 0.439. The highest BCUT2D eigenvalue weighted by atomic mass is 16.5. The minimum Gasteiger partial charge on any atom is -0.493 e. The van der Waals surface area contributed by atoms with Crippen molar-refractivity contribution in [1.29, 1.82) is 0 Å². The summed E-state index contributed by atoms with van der Waals surface area (Å²) in [5, 5.41) is 3.77. The zero-order valence-corrected chi connectivity index (χ0v) is 13.9. The van der Waals surface area contributed by atoms with Crippen molar-refractivity contribution in [2.75, 3.05) is 13.2 Å². The molecule has 0 radical (unpaired) electrons. The smallest absolute Gasteiger partial charge is 0.336 e. The second-order valence-electron chi connectivity index (χ2n) is 6.04. The molecule has 1 aliphatic heterocycles. The molecule has 0 spiro atoms. The van der Waals surface area contributed by atoms with Gasteiger partial charge in [-0.05, 0) is 24.3 Å². The van der Waals surface area contributed by atoms with E-state index in [0.717, 1.165) is 16.7 Å². The Morgan fingerprint density at radius 1 is 1.15 bits per heavy atom. The first-order valence-electron chi connectivity index (χ1n) is 8.37. The van der Waals surface area contributed by atoms with Crippen molar-refractivity contribution >= 4 is 16.9 Å². The summed E-state index contributed by atoms with van der Waals surface area (Å²) in [6, 6.07) is 15.7. The van der Waals surface area contributed by atoms with Gasteiger partial charge < -0.3 is 19.2 Å². The van der Waals surface area contributed by atoms with Crippen LogP contribution in [0.15, 0.2) is 63.8 Å². The fourth-order valence-electron chi connectivity index (χ4n) is 3.01. The third-order valence-electron chi connectivity index (χ3n) is 4.26. The number of amides is 1. The van der Waals surface area contributed by atoms with Crippen LogP contribution < -0.4 is 20.4 Å². The SMILES string of the molecule is O=C(COc1ccc2ccc(=O)oc2c1)NC1CCOc2ccccc21. The highest BCUT2D eigenvalue weighted by Gasteiger charge is 2.22. The lowest BCUT2D eigenvalue weighted by Gasteiger charge is -2.26. The lowest BCUT2D eigenvalue weighted by Crippen LogP contribution is -2.35. The van der Waals surface area contributed by atoms with E-state index in [9.17, 15) is 9.59 Å². The van der Waals surface area contributed by atoms with Crippen molar-refractivity contribution in [2.24, 2.45) is 0 Å². The number of hydrogen-bond donors (Lipinski definition) is 1. The average molecular weight is 351 g/mol. The standard InChI is InChI=1S/C20H17NO5/c22-19(21-16-9-10-24-17-4-2-1-3-15(16)17)12-25-14-7-5-13-6-8-20(23)26-18(13)11-14/h1-8,11,16H,9-10,12H2,(H,21,22). The number of nitrogens with one attached hydrogen (secondary N) is 1. The van der Waals surface area contributed by atoms with Gasteiger partial charge >= 0.3 is 5.63 Å². The monoisotopic (exact) mass is 351 g/mol. The van der Waals surface area contributed by atoms with Crippen LogP contribution in [-0.4, -0.2) is 19.1 Å². The van der Waals surface area contributed by atoms with Gasteiger partial charge in [0.25, 0.3) is 5.91 Å². The lowest BCUT2D eigenvalue weighted by atomic mass is 10.0. The molecule has 2 aromatic carbocycles. The number of benzene rings is 2. The molecule has 1 atom stereocenters. The summed E-state index contributed by atoms with van der Waals surface area (Å²) in [5.74, 6) is 1.05. The lowest BCUT2D eigenvalue weighted by molar-refractivity contribution is -0.124. The predicted molar refractivity (Wildman–Crippen MR) is 95.4 cm³/mol. The highest BCUT2D eigenvalue weighted by Crippen LogP contribution is 2.31. The van der Waals surface area contributed by atoms with E-state index in [1.807, 2.05) is 24.3 Å². The maximum Gasteiger partial charge on any atom is 0.336 e. The molecule has 0 aliphatic carbocycles. The van der Waals surface area contributed by atoms with E-state index in [-0.39, 0.29) is 18.6 Å². The van der Waals surface area contributed by atoms with E-state index in [0.29, 0.717) is 24.4 Å². The van der Waals surface area contributed by atoms with Crippen LogP contribution in [0.2, 0.25) is 0 Å². The van der Waals surface area contributed by atoms with Gasteiger partial charge in [-0.2, -0.15) is 0 Å². The first kappa shape index (κ1) is 16.2. The van der Waals surface area contributed by atoms with Gasteiger partial charge in [-0.15, -0.1) is 0 Å². The Balaban J connectivity index is 1.41. The van der Waals surface area contributed by atoms with E-state index >= 15 is 0 Å². The van der Waals surface area contributed by atoms with Crippen molar-refractivity contribution in [3.05, 3.63) is 70.6 Å². The van der Waals surface area contributed by atoms with E-state index in [1.165, 1.54) is 6.07 Å². The van der Waals surface area contributed by atoms with Crippen molar-refractivity contribution in [2.45, 2.75) is 12.5 Å². The molecular weight excluding hydrogens is 334 g/mol. The van der Waals surface area contributed by atoms with E-state index < -0.39 is 5.63 Å². The van der Waals surface area contributed by atoms with Crippen LogP contribution in [0.5, 0.6) is 11.5 Å². The molecule has 4 rings (SSSR count). The Kier molecular flexibility index (Phi) is 4.31. The molecule has 0 saturated heterocycles. The quantitative estimate of drug-likeness (QED) is 0.732. The van der Waals surface area contributed by atoms with Crippen LogP contribution in [0, 0.1) is 0 Å². The van der Waals surface area contributed by atoms with Gasteiger partial charge in [0.1, 0.15) is 17.1 Å². The summed E-state index contributed by atoms with van der Waals surface area (Å²) >= 11 is 0. The number of ether oxygens (including phenoxy) is 2. The van der Waals surface area contributed by atoms with Crippen LogP contribution in [-0.2, 0) is 4.79 Å². The van der Waals surface area contributed by atoms with Crippen LogP contribution >= 0.6 is 0 Å². The third kappa shape index (κ3) is 3.39. The first-order valence-corrected chi connectivity index (χ1v) is 8.37. The molecule has 1 unspecified atom stereocenters. The number of carbonyl (C=O) groups is 1. The Labute approximate surface area is 149 Å². The summed E-state index contributed by atoms with van der Waals surface area (Å²) in [5.41, 5.74) is 0.971. The number of hydrogen-bond acceptors (Lipinski definition) is 5. The minimum atomic E-state index is -0.425. The van der Waals surface area contributed by atoms with Gasteiger partial charge in [0.05, 0.1) is 12.6 Å². The van der Waals surface area contributed by atoms with Gasteiger partial charge in [-0.3, -0.25) is 4.79 Å². The van der Waals surface area contributed by atoms with Crippen molar-refractivity contribution < 1.29 is 18.7 Å². The average Bonchev–Trinajstić information content (AvgIpc) is 2.66. The number of para-hydroxylation sites is 1. The molecule has 0 saturated carbocycles. The third-order valence-corrected chi connectivity index (χ3v) is 4.26. The van der Waals surface area contributed by atoms with Crippen LogP contribution in [0.1, 0.15) is 18.0 Å². The Bertz CT molecular complexity index is 1010. The Morgan fingerprint density at radius 3 is 2.92 bits per heavy atom. The van der Waals surface area contributed by atoms with Gasteiger partial charge in [0.2, 0.25) is 0 Å². The molecule has 1 aromatic heterocycles. The molecule has 26 heavy (non-hydrogen) atoms. The Morgan fingerprint density at radius 2 is 2.00 bits per heavy atom. The molecule has 1 amide bonds. The molecule has 6 heteroatoms. The molecule has 2 heterocycles. The largest absolute Gasteiger partial charge is 0.493 e. The summed E-state index contributed by atoms with van der Waals surface area (Å²) in [4.78, 5) is 23.6. The van der Waals surface area contributed by atoms with Gasteiger partial charge in [-0.25, -0.2) is 4.79 Å². The second-order valence-corrected chi connectivity index (χ2v) is 6.04. The van der Waals surface area contributed by atoms with Gasteiger partial charge in [0, 0.05) is 29.5 Å². The number of fused-ring (bicyclic) bond motifs is 2. The topological polar surface area (TPSA) is 77.8 Å². The number of carbonyl (C=O) groups excluding carboxylic acids is 1.